The quantitative estimate of drug-likeness (QED) is 0.900. The Kier molecular flexibility index (Phi) is 5.35. The second-order valence-electron chi connectivity index (χ2n) is 7.59. The van der Waals surface area contributed by atoms with E-state index in [-0.39, 0.29) is 6.10 Å². The minimum Gasteiger partial charge on any atom is -0.392 e. The fourth-order valence-electron chi connectivity index (χ4n) is 4.59. The molecule has 1 aliphatic carbocycles. The third-order valence-corrected chi connectivity index (χ3v) is 5.91. The zero-order valence-corrected chi connectivity index (χ0v) is 14.9. The van der Waals surface area contributed by atoms with Gasteiger partial charge in [-0.3, -0.25) is 4.90 Å². The second kappa shape index (κ2) is 7.86. The lowest BCUT2D eigenvalue weighted by Gasteiger charge is -2.37. The van der Waals surface area contributed by atoms with E-state index in [1.54, 1.807) is 0 Å². The topological polar surface area (TPSA) is 32.7 Å². The molecule has 2 aromatic rings. The van der Waals surface area contributed by atoms with E-state index >= 15 is 0 Å². The summed E-state index contributed by atoms with van der Waals surface area (Å²) >= 11 is 0. The number of fused-ring (bicyclic) bond motifs is 1. The van der Waals surface area contributed by atoms with Crippen molar-refractivity contribution in [2.24, 2.45) is 0 Å². The molecule has 1 N–H and O–H groups in total. The first kappa shape index (κ1) is 17.0. The lowest BCUT2D eigenvalue weighted by Crippen LogP contribution is -2.46. The highest BCUT2D eigenvalue weighted by Crippen LogP contribution is 2.28. The molecule has 2 fully saturated rings. The van der Waals surface area contributed by atoms with Crippen LogP contribution in [0.5, 0.6) is 0 Å². The zero-order valence-electron chi connectivity index (χ0n) is 14.9. The molecule has 0 bridgehead atoms. The fourth-order valence-corrected chi connectivity index (χ4v) is 4.59. The number of nitrogens with zero attached hydrogens (tertiary/aromatic N) is 1. The molecule has 2 aliphatic rings. The first-order valence-corrected chi connectivity index (χ1v) is 9.81. The Morgan fingerprint density at radius 1 is 1.00 bits per heavy atom. The van der Waals surface area contributed by atoms with Crippen LogP contribution in [0, 0.1) is 0 Å². The van der Waals surface area contributed by atoms with E-state index in [0.717, 1.165) is 39.0 Å². The Hall–Kier alpha value is -1.42. The van der Waals surface area contributed by atoms with Crippen LogP contribution < -0.4 is 0 Å². The second-order valence-corrected chi connectivity index (χ2v) is 7.59. The van der Waals surface area contributed by atoms with E-state index in [2.05, 4.69) is 47.4 Å². The molecule has 25 heavy (non-hydrogen) atoms. The van der Waals surface area contributed by atoms with Crippen LogP contribution in [0.25, 0.3) is 10.8 Å². The maximum atomic E-state index is 9.86. The zero-order chi connectivity index (χ0) is 17.1. The van der Waals surface area contributed by atoms with Crippen LogP contribution in [-0.4, -0.2) is 48.0 Å². The number of benzene rings is 2. The molecule has 1 saturated heterocycles. The summed E-state index contributed by atoms with van der Waals surface area (Å²) in [6.45, 7) is 2.63. The number of likely N-dealkylation sites (tertiary alicyclic amines) is 1. The molecule has 1 saturated carbocycles. The van der Waals surface area contributed by atoms with Crippen LogP contribution in [0.4, 0.5) is 0 Å². The standard InChI is InChI=1S/C22H29NO2/c24-19-12-14-23(16-19)21-10-3-4-11-22(21)25-15-13-18-8-5-7-17-6-1-2-9-20(17)18/h1-2,5-9,19,21-22,24H,3-4,10-16H2/t19-,21?,22?/m1/s1. The average molecular weight is 339 g/mol. The van der Waals surface area contributed by atoms with Gasteiger partial charge in [-0.2, -0.15) is 0 Å². The van der Waals surface area contributed by atoms with E-state index in [4.69, 9.17) is 4.74 Å². The number of β-amino-alcohol motifs (C(OH)–C–C–N with tert-alkyl or cyclic N) is 1. The number of rotatable bonds is 5. The maximum Gasteiger partial charge on any atom is 0.0730 e. The molecule has 3 atom stereocenters. The van der Waals surface area contributed by atoms with Crippen molar-refractivity contribution < 1.29 is 9.84 Å². The van der Waals surface area contributed by atoms with Gasteiger partial charge in [0.15, 0.2) is 0 Å². The van der Waals surface area contributed by atoms with Gasteiger partial charge in [-0.05, 0) is 42.0 Å². The van der Waals surface area contributed by atoms with E-state index in [9.17, 15) is 5.11 Å². The third kappa shape index (κ3) is 3.89. The Balaban J connectivity index is 1.38. The van der Waals surface area contributed by atoms with Gasteiger partial charge in [-0.1, -0.05) is 55.3 Å². The smallest absolute Gasteiger partial charge is 0.0730 e. The van der Waals surface area contributed by atoms with Crippen LogP contribution in [0.3, 0.4) is 0 Å². The lowest BCUT2D eigenvalue weighted by molar-refractivity contribution is -0.0315. The molecule has 3 heteroatoms. The van der Waals surface area contributed by atoms with Gasteiger partial charge in [0, 0.05) is 19.1 Å². The van der Waals surface area contributed by atoms with Crippen molar-refractivity contribution in [2.45, 2.75) is 56.8 Å². The maximum absolute atomic E-state index is 9.86. The monoisotopic (exact) mass is 339 g/mol. The number of ether oxygens (including phenoxy) is 1. The van der Waals surface area contributed by atoms with E-state index in [1.165, 1.54) is 35.6 Å². The molecule has 0 radical (unpaired) electrons. The SMILES string of the molecule is O[C@@H]1CCN(C2CCCCC2OCCc2cccc3ccccc23)C1. The van der Waals surface area contributed by atoms with Crippen molar-refractivity contribution in [1.82, 2.24) is 4.90 Å². The minimum absolute atomic E-state index is 0.141. The molecule has 2 unspecified atom stereocenters. The summed E-state index contributed by atoms with van der Waals surface area (Å²) < 4.78 is 6.37. The van der Waals surface area contributed by atoms with Crippen LogP contribution in [-0.2, 0) is 11.2 Å². The molecular formula is C22H29NO2. The van der Waals surface area contributed by atoms with Gasteiger partial charge in [0.2, 0.25) is 0 Å². The van der Waals surface area contributed by atoms with E-state index in [1.807, 2.05) is 0 Å². The summed E-state index contributed by atoms with van der Waals surface area (Å²) in [5, 5.41) is 12.5. The average Bonchev–Trinajstić information content (AvgIpc) is 3.08. The van der Waals surface area contributed by atoms with Crippen molar-refractivity contribution in [1.29, 1.82) is 0 Å². The molecular weight excluding hydrogens is 310 g/mol. The summed E-state index contributed by atoms with van der Waals surface area (Å²) in [5.41, 5.74) is 1.38. The Labute approximate surface area is 150 Å². The molecule has 0 amide bonds. The molecule has 2 aromatic carbocycles. The van der Waals surface area contributed by atoms with Crippen LogP contribution in [0.1, 0.15) is 37.7 Å². The van der Waals surface area contributed by atoms with Crippen molar-refractivity contribution in [3.05, 3.63) is 48.0 Å². The first-order valence-electron chi connectivity index (χ1n) is 9.81. The van der Waals surface area contributed by atoms with Crippen molar-refractivity contribution in [3.63, 3.8) is 0 Å². The fraction of sp³-hybridized carbons (Fsp3) is 0.545. The van der Waals surface area contributed by atoms with Gasteiger partial charge in [-0.25, -0.2) is 0 Å². The molecule has 3 nitrogen and oxygen atoms in total. The van der Waals surface area contributed by atoms with Crippen LogP contribution in [0.2, 0.25) is 0 Å². The predicted octanol–water partition coefficient (Wildman–Crippen LogP) is 3.78. The van der Waals surface area contributed by atoms with Gasteiger partial charge in [0.25, 0.3) is 0 Å². The number of aliphatic hydroxyl groups excluding tert-OH is 1. The normalized spacial score (nSPS) is 27.8. The lowest BCUT2D eigenvalue weighted by atomic mass is 9.91. The van der Waals surface area contributed by atoms with Crippen molar-refractivity contribution >= 4 is 10.8 Å². The third-order valence-electron chi connectivity index (χ3n) is 5.91. The largest absolute Gasteiger partial charge is 0.392 e. The Morgan fingerprint density at radius 3 is 2.72 bits per heavy atom. The van der Waals surface area contributed by atoms with Gasteiger partial charge < -0.3 is 9.84 Å². The molecule has 1 aliphatic heterocycles. The summed E-state index contributed by atoms with van der Waals surface area (Å²) in [6.07, 6.45) is 7.00. The molecule has 4 rings (SSSR count). The van der Waals surface area contributed by atoms with Crippen molar-refractivity contribution in [3.8, 4) is 0 Å². The molecule has 0 aromatic heterocycles. The summed E-state index contributed by atoms with van der Waals surface area (Å²) in [7, 11) is 0. The highest BCUT2D eigenvalue weighted by atomic mass is 16.5. The number of hydrogen-bond acceptors (Lipinski definition) is 3. The minimum atomic E-state index is -0.141. The molecule has 1 heterocycles. The van der Waals surface area contributed by atoms with Gasteiger partial charge >= 0.3 is 0 Å². The predicted molar refractivity (Wildman–Crippen MR) is 102 cm³/mol. The highest BCUT2D eigenvalue weighted by Gasteiger charge is 2.34. The molecule has 134 valence electrons. The highest BCUT2D eigenvalue weighted by molar-refractivity contribution is 5.85. The molecule has 0 spiro atoms. The van der Waals surface area contributed by atoms with Gasteiger partial charge in [0.1, 0.15) is 0 Å². The number of aliphatic hydroxyl groups is 1. The van der Waals surface area contributed by atoms with Gasteiger partial charge in [-0.15, -0.1) is 0 Å². The summed E-state index contributed by atoms with van der Waals surface area (Å²) in [5.74, 6) is 0. The first-order chi connectivity index (χ1) is 12.3. The van der Waals surface area contributed by atoms with E-state index < -0.39 is 0 Å². The van der Waals surface area contributed by atoms with E-state index in [0.29, 0.717) is 12.1 Å². The Morgan fingerprint density at radius 2 is 1.84 bits per heavy atom. The van der Waals surface area contributed by atoms with Gasteiger partial charge in [0.05, 0.1) is 18.8 Å². The van der Waals surface area contributed by atoms with Crippen LogP contribution >= 0.6 is 0 Å². The van der Waals surface area contributed by atoms with Crippen molar-refractivity contribution in [2.75, 3.05) is 19.7 Å². The van der Waals surface area contributed by atoms with Crippen LogP contribution in [0.15, 0.2) is 42.5 Å². The number of hydrogen-bond donors (Lipinski definition) is 1. The summed E-state index contributed by atoms with van der Waals surface area (Å²) in [6, 6.07) is 15.6. The Bertz CT molecular complexity index is 696. The summed E-state index contributed by atoms with van der Waals surface area (Å²) in [4.78, 5) is 2.46.